The van der Waals surface area contributed by atoms with Gasteiger partial charge >= 0.3 is 6.03 Å². The number of barbiturate groups is 1. The van der Waals surface area contributed by atoms with Crippen LogP contribution in [-0.4, -0.2) is 42.2 Å². The summed E-state index contributed by atoms with van der Waals surface area (Å²) in [5.41, 5.74) is 3.74. The molecule has 42 heavy (non-hydrogen) atoms. The average molecular weight is 557 g/mol. The van der Waals surface area contributed by atoms with Gasteiger partial charge in [-0.05, 0) is 72.1 Å². The average Bonchev–Trinajstić information content (AvgIpc) is 3.44. The van der Waals surface area contributed by atoms with E-state index in [2.05, 4.69) is 4.98 Å². The Bertz CT molecular complexity index is 1720. The summed E-state index contributed by atoms with van der Waals surface area (Å²) in [6.45, 7) is 0.324. The summed E-state index contributed by atoms with van der Waals surface area (Å²) in [6, 6.07) is 31.6. The van der Waals surface area contributed by atoms with Crippen molar-refractivity contribution in [2.24, 2.45) is 10.9 Å². The third kappa shape index (κ3) is 4.94. The fourth-order valence-corrected chi connectivity index (χ4v) is 5.26. The predicted octanol–water partition coefficient (Wildman–Crippen LogP) is 6.02. The minimum atomic E-state index is -1.35. The first-order valence-electron chi connectivity index (χ1n) is 13.6. The number of nitrogens with one attached hydrogen (secondary N) is 1. The van der Waals surface area contributed by atoms with Crippen LogP contribution < -0.4 is 14.5 Å². The normalized spacial score (nSPS) is 14.6. The summed E-state index contributed by atoms with van der Waals surface area (Å²) in [5.74, 6) is -2.01. The molecule has 0 unspecified atom stereocenters. The number of anilines is 2. The van der Waals surface area contributed by atoms with Crippen molar-refractivity contribution in [3.8, 4) is 5.75 Å². The molecule has 2 heterocycles. The van der Waals surface area contributed by atoms with Crippen molar-refractivity contribution in [1.29, 1.82) is 0 Å². The topological polar surface area (TPSA) is 95.1 Å². The molecule has 0 aliphatic carbocycles. The zero-order chi connectivity index (χ0) is 29.1. The van der Waals surface area contributed by atoms with E-state index in [9.17, 15) is 14.4 Å². The smallest absolute Gasteiger partial charge is 0.342 e. The molecule has 1 N–H and O–H groups in total. The Morgan fingerprint density at radius 3 is 1.93 bits per heavy atom. The lowest BCUT2D eigenvalue weighted by Crippen LogP contribution is -2.62. The number of nitrogens with zero attached hydrogens (tertiary/aromatic N) is 3. The Hall–Kier alpha value is -5.50. The Morgan fingerprint density at radius 2 is 1.33 bits per heavy atom. The van der Waals surface area contributed by atoms with Gasteiger partial charge in [-0.3, -0.25) is 14.6 Å². The summed E-state index contributed by atoms with van der Waals surface area (Å²) < 4.78 is 5.33. The predicted molar refractivity (Wildman–Crippen MR) is 163 cm³/mol. The number of aromatic nitrogens is 1. The van der Waals surface area contributed by atoms with Crippen LogP contribution >= 0.6 is 0 Å². The Labute approximate surface area is 242 Å². The summed E-state index contributed by atoms with van der Waals surface area (Å²) in [4.78, 5) is 52.4. The molecule has 0 atom stereocenters. The van der Waals surface area contributed by atoms with Crippen LogP contribution in [-0.2, 0) is 16.0 Å². The van der Waals surface area contributed by atoms with Gasteiger partial charge in [0.05, 0.1) is 24.2 Å². The van der Waals surface area contributed by atoms with Crippen molar-refractivity contribution < 1.29 is 19.1 Å². The number of aliphatic imine (C=N–C) groups is 1. The van der Waals surface area contributed by atoms with Gasteiger partial charge in [0.2, 0.25) is 0 Å². The number of hydrogen-bond donors (Lipinski definition) is 1. The summed E-state index contributed by atoms with van der Waals surface area (Å²) in [5, 5.41) is 1.10. The molecule has 1 fully saturated rings. The van der Waals surface area contributed by atoms with E-state index in [0.717, 1.165) is 26.3 Å². The molecule has 0 bridgehead atoms. The van der Waals surface area contributed by atoms with Crippen molar-refractivity contribution in [1.82, 2.24) is 4.98 Å². The van der Waals surface area contributed by atoms with Crippen molar-refractivity contribution in [3.05, 3.63) is 127 Å². The zero-order valence-electron chi connectivity index (χ0n) is 22.9. The first kappa shape index (κ1) is 26.7. The van der Waals surface area contributed by atoms with Gasteiger partial charge in [-0.1, -0.05) is 54.6 Å². The van der Waals surface area contributed by atoms with E-state index in [4.69, 9.17) is 9.73 Å². The summed E-state index contributed by atoms with van der Waals surface area (Å²) >= 11 is 0. The fourth-order valence-electron chi connectivity index (χ4n) is 5.26. The van der Waals surface area contributed by atoms with Crippen molar-refractivity contribution in [2.45, 2.75) is 6.42 Å². The second-order valence-corrected chi connectivity index (χ2v) is 9.84. The first-order valence-corrected chi connectivity index (χ1v) is 13.6. The molecule has 5 aromatic rings. The molecule has 8 heteroatoms. The molecule has 1 aromatic heterocycles. The number of imide groups is 2. The molecule has 0 radical (unpaired) electrons. The summed E-state index contributed by atoms with van der Waals surface area (Å²) in [7, 11) is 1.57. The van der Waals surface area contributed by atoms with E-state index in [1.54, 1.807) is 92.0 Å². The number of fused-ring (bicyclic) bond motifs is 1. The molecule has 1 saturated heterocycles. The molecular formula is C34H28N4O4. The largest absolute Gasteiger partial charge is 0.497 e. The number of rotatable bonds is 8. The van der Waals surface area contributed by atoms with Gasteiger partial charge in [0, 0.05) is 23.6 Å². The van der Waals surface area contributed by atoms with E-state index in [1.165, 1.54) is 0 Å². The van der Waals surface area contributed by atoms with Gasteiger partial charge in [-0.2, -0.15) is 0 Å². The molecule has 1 aliphatic rings. The second kappa shape index (κ2) is 11.5. The Kier molecular flexibility index (Phi) is 7.34. The third-order valence-corrected chi connectivity index (χ3v) is 7.34. The number of carbonyl (C=O) groups is 3. The van der Waals surface area contributed by atoms with Crippen LogP contribution in [0.25, 0.3) is 10.9 Å². The highest BCUT2D eigenvalue weighted by Gasteiger charge is 2.49. The van der Waals surface area contributed by atoms with E-state index in [1.807, 2.05) is 30.5 Å². The minimum Gasteiger partial charge on any atom is -0.497 e. The molecule has 8 nitrogen and oxygen atoms in total. The zero-order valence-corrected chi connectivity index (χ0v) is 22.9. The number of urea groups is 1. The Morgan fingerprint density at radius 1 is 0.762 bits per heavy atom. The minimum absolute atomic E-state index is 0.293. The molecule has 6 rings (SSSR count). The maximum Gasteiger partial charge on any atom is 0.342 e. The highest BCUT2D eigenvalue weighted by molar-refractivity contribution is 6.43. The lowest BCUT2D eigenvalue weighted by atomic mass is 9.91. The van der Waals surface area contributed by atoms with Gasteiger partial charge in [0.25, 0.3) is 11.8 Å². The maximum absolute atomic E-state index is 14.2. The quantitative estimate of drug-likeness (QED) is 0.187. The molecule has 4 aromatic carbocycles. The van der Waals surface area contributed by atoms with Gasteiger partial charge in [-0.25, -0.2) is 14.6 Å². The standard InChI is InChI=1S/C34H28N4O4/c1-42-27-18-16-23(17-19-27)31(35-21-20-24-22-36-29-15-9-8-14-28(24)29)30-32(39)37(25-10-4-2-5-11-25)34(41)38(33(30)40)26-12-6-3-7-13-26/h2-19,22,30,36H,20-21H2,1H3. The highest BCUT2D eigenvalue weighted by atomic mass is 16.5. The van der Waals surface area contributed by atoms with Crippen LogP contribution in [0.1, 0.15) is 11.1 Å². The second-order valence-electron chi connectivity index (χ2n) is 9.84. The number of carbonyl (C=O) groups excluding carboxylic acids is 3. The van der Waals surface area contributed by atoms with Crippen LogP contribution in [0.4, 0.5) is 16.2 Å². The highest BCUT2D eigenvalue weighted by Crippen LogP contribution is 2.31. The van der Waals surface area contributed by atoms with Crippen molar-refractivity contribution in [2.75, 3.05) is 23.5 Å². The molecule has 208 valence electrons. The number of ether oxygens (including phenoxy) is 1. The van der Waals surface area contributed by atoms with E-state index >= 15 is 0 Å². The molecule has 1 aliphatic heterocycles. The molecular weight excluding hydrogens is 528 g/mol. The third-order valence-electron chi connectivity index (χ3n) is 7.34. The number of aromatic amines is 1. The summed E-state index contributed by atoms with van der Waals surface area (Å²) in [6.07, 6.45) is 2.54. The molecule has 0 spiro atoms. The van der Waals surface area contributed by atoms with Crippen LogP contribution in [0.2, 0.25) is 0 Å². The SMILES string of the molecule is COc1ccc(C(=NCCc2c[nH]c3ccccc23)C2C(=O)N(c3ccccc3)C(=O)N(c3ccccc3)C2=O)cc1. The number of hydrogen-bond acceptors (Lipinski definition) is 5. The Balaban J connectivity index is 1.45. The lowest BCUT2D eigenvalue weighted by Gasteiger charge is -2.37. The number of amides is 4. The van der Waals surface area contributed by atoms with Crippen LogP contribution in [0, 0.1) is 5.92 Å². The van der Waals surface area contributed by atoms with E-state index < -0.39 is 23.8 Å². The van der Waals surface area contributed by atoms with Crippen molar-refractivity contribution >= 4 is 45.8 Å². The van der Waals surface area contributed by atoms with Gasteiger partial charge < -0.3 is 9.72 Å². The number of H-pyrrole nitrogens is 1. The van der Waals surface area contributed by atoms with Crippen LogP contribution in [0.5, 0.6) is 5.75 Å². The van der Waals surface area contributed by atoms with Gasteiger partial charge in [0.1, 0.15) is 5.75 Å². The van der Waals surface area contributed by atoms with Crippen LogP contribution in [0.15, 0.2) is 120 Å². The number of benzene rings is 4. The lowest BCUT2D eigenvalue weighted by molar-refractivity contribution is -0.129. The van der Waals surface area contributed by atoms with E-state index in [0.29, 0.717) is 41.4 Å². The van der Waals surface area contributed by atoms with Gasteiger partial charge in [-0.15, -0.1) is 0 Å². The molecule has 4 amide bonds. The maximum atomic E-state index is 14.2. The number of para-hydroxylation sites is 3. The monoisotopic (exact) mass is 556 g/mol. The first-order chi connectivity index (χ1) is 20.6. The van der Waals surface area contributed by atoms with Crippen LogP contribution in [0.3, 0.4) is 0 Å². The fraction of sp³-hybridized carbons (Fsp3) is 0.118. The van der Waals surface area contributed by atoms with Crippen molar-refractivity contribution in [3.63, 3.8) is 0 Å². The number of methoxy groups -OCH3 is 1. The van der Waals surface area contributed by atoms with E-state index in [-0.39, 0.29) is 0 Å². The van der Waals surface area contributed by atoms with Gasteiger partial charge in [0.15, 0.2) is 5.92 Å². The molecule has 0 saturated carbocycles.